The molecule has 96 valence electrons. The molecule has 0 fully saturated rings. The van der Waals surface area contributed by atoms with Gasteiger partial charge in [0, 0.05) is 6.54 Å². The molecular weight excluding hydrogens is 210 g/mol. The van der Waals surface area contributed by atoms with Crippen molar-refractivity contribution in [1.82, 2.24) is 5.32 Å². The summed E-state index contributed by atoms with van der Waals surface area (Å²) in [5, 5.41) is 12.7. The largest absolute Gasteiger partial charge is 0.508 e. The van der Waals surface area contributed by atoms with Gasteiger partial charge in [-0.05, 0) is 30.7 Å². The van der Waals surface area contributed by atoms with Crippen molar-refractivity contribution in [2.24, 2.45) is 0 Å². The van der Waals surface area contributed by atoms with Crippen molar-refractivity contribution in [2.45, 2.75) is 52.0 Å². The summed E-state index contributed by atoms with van der Waals surface area (Å²) in [5.41, 5.74) is 1.15. The summed E-state index contributed by atoms with van der Waals surface area (Å²) in [5.74, 6) is 0.351. The van der Waals surface area contributed by atoms with Crippen LogP contribution in [0.4, 0.5) is 0 Å². The Morgan fingerprint density at radius 3 is 2.59 bits per heavy atom. The second-order valence-electron chi connectivity index (χ2n) is 4.61. The van der Waals surface area contributed by atoms with Crippen LogP contribution in [-0.2, 0) is 6.54 Å². The summed E-state index contributed by atoms with van der Waals surface area (Å²) in [4.78, 5) is 0. The minimum Gasteiger partial charge on any atom is -0.508 e. The maximum absolute atomic E-state index is 9.31. The second-order valence-corrected chi connectivity index (χ2v) is 4.61. The molecule has 1 aromatic carbocycles. The van der Waals surface area contributed by atoms with E-state index in [4.69, 9.17) is 0 Å². The first-order chi connectivity index (χ1) is 8.33. The van der Waals surface area contributed by atoms with E-state index in [1.807, 2.05) is 18.2 Å². The molecule has 0 atom stereocenters. The molecule has 17 heavy (non-hydrogen) atoms. The molecule has 0 unspecified atom stereocenters. The summed E-state index contributed by atoms with van der Waals surface area (Å²) >= 11 is 0. The number of aromatic hydroxyl groups is 1. The van der Waals surface area contributed by atoms with Crippen LogP contribution in [0.5, 0.6) is 5.75 Å². The van der Waals surface area contributed by atoms with Crippen molar-refractivity contribution in [3.05, 3.63) is 29.8 Å². The Kier molecular flexibility index (Phi) is 7.48. The predicted octanol–water partition coefficient (Wildman–Crippen LogP) is 3.84. The third-order valence-electron chi connectivity index (χ3n) is 2.95. The van der Waals surface area contributed by atoms with Gasteiger partial charge in [0.1, 0.15) is 5.75 Å². The average Bonchev–Trinajstić information content (AvgIpc) is 2.33. The van der Waals surface area contributed by atoms with Crippen LogP contribution in [0.25, 0.3) is 0 Å². The summed E-state index contributed by atoms with van der Waals surface area (Å²) in [6.07, 6.45) is 8.01. The molecule has 0 spiro atoms. The third-order valence-corrected chi connectivity index (χ3v) is 2.95. The number of phenolic OH excluding ortho intramolecular Hbond substituents is 1. The van der Waals surface area contributed by atoms with Crippen LogP contribution in [0.1, 0.15) is 51.0 Å². The topological polar surface area (TPSA) is 32.3 Å². The van der Waals surface area contributed by atoms with E-state index in [0.29, 0.717) is 5.75 Å². The lowest BCUT2D eigenvalue weighted by atomic mass is 10.1. The molecule has 2 heteroatoms. The molecule has 2 nitrogen and oxygen atoms in total. The highest BCUT2D eigenvalue weighted by Crippen LogP contribution is 2.10. The van der Waals surface area contributed by atoms with Crippen LogP contribution < -0.4 is 5.32 Å². The maximum atomic E-state index is 9.31. The molecule has 0 aliphatic heterocycles. The smallest absolute Gasteiger partial charge is 0.115 e. The zero-order valence-electron chi connectivity index (χ0n) is 10.9. The van der Waals surface area contributed by atoms with E-state index in [2.05, 4.69) is 12.2 Å². The summed E-state index contributed by atoms with van der Waals surface area (Å²) in [7, 11) is 0. The number of hydrogen-bond donors (Lipinski definition) is 2. The van der Waals surface area contributed by atoms with Gasteiger partial charge in [-0.2, -0.15) is 0 Å². The second kappa shape index (κ2) is 9.06. The molecule has 0 saturated carbocycles. The number of unbranched alkanes of at least 4 members (excludes halogenated alkanes) is 5. The van der Waals surface area contributed by atoms with E-state index in [9.17, 15) is 5.11 Å². The zero-order chi connectivity index (χ0) is 12.3. The molecule has 0 aromatic heterocycles. The molecule has 2 N–H and O–H groups in total. The molecule has 0 amide bonds. The van der Waals surface area contributed by atoms with Crippen molar-refractivity contribution >= 4 is 0 Å². The van der Waals surface area contributed by atoms with Crippen molar-refractivity contribution in [3.63, 3.8) is 0 Å². The van der Waals surface area contributed by atoms with Gasteiger partial charge in [-0.15, -0.1) is 0 Å². The first-order valence-electron chi connectivity index (χ1n) is 6.81. The number of rotatable bonds is 9. The quantitative estimate of drug-likeness (QED) is 0.637. The van der Waals surface area contributed by atoms with Crippen LogP contribution >= 0.6 is 0 Å². The van der Waals surface area contributed by atoms with E-state index in [1.54, 1.807) is 6.07 Å². The monoisotopic (exact) mass is 235 g/mol. The predicted molar refractivity (Wildman–Crippen MR) is 73.2 cm³/mol. The van der Waals surface area contributed by atoms with Gasteiger partial charge in [-0.25, -0.2) is 0 Å². The van der Waals surface area contributed by atoms with Gasteiger partial charge in [0.2, 0.25) is 0 Å². The lowest BCUT2D eigenvalue weighted by Crippen LogP contribution is -2.14. The highest BCUT2D eigenvalue weighted by atomic mass is 16.3. The van der Waals surface area contributed by atoms with Crippen molar-refractivity contribution in [2.75, 3.05) is 6.54 Å². The molecule has 0 aliphatic carbocycles. The molecule has 0 aliphatic rings. The van der Waals surface area contributed by atoms with Crippen molar-refractivity contribution < 1.29 is 5.11 Å². The fourth-order valence-corrected chi connectivity index (χ4v) is 1.93. The Labute approximate surface area is 105 Å². The van der Waals surface area contributed by atoms with Gasteiger partial charge in [-0.3, -0.25) is 0 Å². The molecule has 0 bridgehead atoms. The minimum atomic E-state index is 0.351. The fraction of sp³-hybridized carbons (Fsp3) is 0.600. The van der Waals surface area contributed by atoms with Crippen molar-refractivity contribution in [3.8, 4) is 5.75 Å². The van der Waals surface area contributed by atoms with E-state index in [0.717, 1.165) is 18.7 Å². The summed E-state index contributed by atoms with van der Waals surface area (Å²) in [6.45, 7) is 4.17. The summed E-state index contributed by atoms with van der Waals surface area (Å²) < 4.78 is 0. The van der Waals surface area contributed by atoms with Gasteiger partial charge in [0.05, 0.1) is 0 Å². The van der Waals surface area contributed by atoms with Gasteiger partial charge in [-0.1, -0.05) is 51.2 Å². The maximum Gasteiger partial charge on any atom is 0.115 e. The highest BCUT2D eigenvalue weighted by molar-refractivity contribution is 5.26. The molecule has 0 heterocycles. The highest BCUT2D eigenvalue weighted by Gasteiger charge is 1.94. The standard InChI is InChI=1S/C15H25NO/c1-2-3-4-5-6-7-11-16-13-14-9-8-10-15(17)12-14/h8-10,12,16-17H,2-7,11,13H2,1H3. The first kappa shape index (κ1) is 14.0. The van der Waals surface area contributed by atoms with Gasteiger partial charge < -0.3 is 10.4 Å². The van der Waals surface area contributed by atoms with E-state index < -0.39 is 0 Å². The van der Waals surface area contributed by atoms with E-state index in [-0.39, 0.29) is 0 Å². The Morgan fingerprint density at radius 2 is 1.82 bits per heavy atom. The molecule has 1 aromatic rings. The fourth-order valence-electron chi connectivity index (χ4n) is 1.93. The first-order valence-corrected chi connectivity index (χ1v) is 6.81. The molecule has 1 rings (SSSR count). The number of phenols is 1. The van der Waals surface area contributed by atoms with Crippen LogP contribution in [0.3, 0.4) is 0 Å². The summed E-state index contributed by atoms with van der Waals surface area (Å²) in [6, 6.07) is 7.44. The van der Waals surface area contributed by atoms with Crippen LogP contribution in [-0.4, -0.2) is 11.7 Å². The van der Waals surface area contributed by atoms with Gasteiger partial charge in [0.15, 0.2) is 0 Å². The molecule has 0 saturated heterocycles. The van der Waals surface area contributed by atoms with E-state index >= 15 is 0 Å². The van der Waals surface area contributed by atoms with Crippen LogP contribution in [0.15, 0.2) is 24.3 Å². The third kappa shape index (κ3) is 7.01. The number of nitrogens with one attached hydrogen (secondary N) is 1. The van der Waals surface area contributed by atoms with Gasteiger partial charge in [0.25, 0.3) is 0 Å². The SMILES string of the molecule is CCCCCCCCNCc1cccc(O)c1. The molecular formula is C15H25NO. The Balaban J connectivity index is 1.97. The Hall–Kier alpha value is -1.02. The molecule has 0 radical (unpaired) electrons. The number of hydrogen-bond acceptors (Lipinski definition) is 2. The number of benzene rings is 1. The lowest BCUT2D eigenvalue weighted by Gasteiger charge is -2.05. The van der Waals surface area contributed by atoms with Crippen LogP contribution in [0, 0.1) is 0 Å². The lowest BCUT2D eigenvalue weighted by molar-refractivity contribution is 0.474. The normalized spacial score (nSPS) is 10.6. The van der Waals surface area contributed by atoms with E-state index in [1.165, 1.54) is 38.5 Å². The van der Waals surface area contributed by atoms with Crippen LogP contribution in [0.2, 0.25) is 0 Å². The minimum absolute atomic E-state index is 0.351. The van der Waals surface area contributed by atoms with Crippen molar-refractivity contribution in [1.29, 1.82) is 0 Å². The Bertz CT molecular complexity index is 299. The average molecular weight is 235 g/mol. The zero-order valence-corrected chi connectivity index (χ0v) is 10.9. The Morgan fingerprint density at radius 1 is 1.06 bits per heavy atom. The van der Waals surface area contributed by atoms with Gasteiger partial charge >= 0.3 is 0 Å².